The van der Waals surface area contributed by atoms with Crippen LogP contribution >= 0.6 is 11.3 Å². The highest BCUT2D eigenvalue weighted by Crippen LogP contribution is 2.47. The van der Waals surface area contributed by atoms with Crippen LogP contribution in [0.15, 0.2) is 46.0 Å². The Morgan fingerprint density at radius 1 is 1.25 bits per heavy atom. The first kappa shape index (κ1) is 12.7. The molecule has 3 rings (SSSR count). The van der Waals surface area contributed by atoms with E-state index in [1.807, 2.05) is 17.5 Å². The second-order valence-corrected chi connectivity index (χ2v) is 5.87. The van der Waals surface area contributed by atoms with Gasteiger partial charge in [0.1, 0.15) is 12.1 Å². The minimum absolute atomic E-state index is 0.138. The SMILES string of the molecule is N#CC1=C(N)C(C#N)=C(c2cccs2)C2CCCC=C12. The van der Waals surface area contributed by atoms with E-state index in [-0.39, 0.29) is 5.92 Å². The number of fused-ring (bicyclic) bond motifs is 1. The van der Waals surface area contributed by atoms with Crippen LogP contribution in [-0.2, 0) is 0 Å². The van der Waals surface area contributed by atoms with Crippen molar-refractivity contribution in [3.05, 3.63) is 50.9 Å². The molecule has 0 saturated heterocycles. The molecule has 2 aliphatic rings. The van der Waals surface area contributed by atoms with Gasteiger partial charge in [-0.25, -0.2) is 0 Å². The lowest BCUT2D eigenvalue weighted by Gasteiger charge is -2.31. The highest BCUT2D eigenvalue weighted by atomic mass is 32.1. The molecule has 0 amide bonds. The zero-order chi connectivity index (χ0) is 14.1. The summed E-state index contributed by atoms with van der Waals surface area (Å²) >= 11 is 1.62. The van der Waals surface area contributed by atoms with Gasteiger partial charge in [0.2, 0.25) is 0 Å². The van der Waals surface area contributed by atoms with E-state index in [1.54, 1.807) is 11.3 Å². The molecule has 4 heteroatoms. The third-order valence-corrected chi connectivity index (χ3v) is 4.80. The molecule has 0 aliphatic heterocycles. The maximum Gasteiger partial charge on any atom is 0.102 e. The Kier molecular flexibility index (Phi) is 3.18. The molecule has 0 saturated carbocycles. The molecular formula is C16H13N3S. The van der Waals surface area contributed by atoms with Crippen LogP contribution in [0.3, 0.4) is 0 Å². The zero-order valence-corrected chi connectivity index (χ0v) is 11.7. The molecule has 0 bridgehead atoms. The first-order chi connectivity index (χ1) is 9.77. The predicted molar refractivity (Wildman–Crippen MR) is 79.1 cm³/mol. The van der Waals surface area contributed by atoms with Crippen LogP contribution in [0.1, 0.15) is 24.1 Å². The standard InChI is InChI=1S/C16H13N3S/c17-8-12-10-4-1-2-5-11(10)15(13(9-18)16(12)19)14-6-3-7-20-14/h3-4,6-7,11H,1-2,5,19H2. The Hall–Kier alpha value is -2.30. The summed E-state index contributed by atoms with van der Waals surface area (Å²) in [5.74, 6) is 0.138. The van der Waals surface area contributed by atoms with E-state index in [2.05, 4.69) is 18.2 Å². The molecule has 2 aliphatic carbocycles. The van der Waals surface area contributed by atoms with Crippen LogP contribution in [0.25, 0.3) is 5.57 Å². The second-order valence-electron chi connectivity index (χ2n) is 4.92. The van der Waals surface area contributed by atoms with Gasteiger partial charge in [0, 0.05) is 10.8 Å². The number of allylic oxidation sites excluding steroid dienone is 5. The average Bonchev–Trinajstić information content (AvgIpc) is 3.00. The van der Waals surface area contributed by atoms with Gasteiger partial charge in [-0.1, -0.05) is 12.1 Å². The smallest absolute Gasteiger partial charge is 0.102 e. The lowest BCUT2D eigenvalue weighted by atomic mass is 9.72. The van der Waals surface area contributed by atoms with Crippen molar-refractivity contribution in [3.63, 3.8) is 0 Å². The van der Waals surface area contributed by atoms with E-state index in [1.165, 1.54) is 0 Å². The minimum atomic E-state index is 0.138. The van der Waals surface area contributed by atoms with E-state index in [0.29, 0.717) is 16.8 Å². The first-order valence-electron chi connectivity index (χ1n) is 6.56. The lowest BCUT2D eigenvalue weighted by Crippen LogP contribution is -2.22. The number of hydrogen-bond donors (Lipinski definition) is 1. The van der Waals surface area contributed by atoms with Crippen molar-refractivity contribution in [1.82, 2.24) is 0 Å². The predicted octanol–water partition coefficient (Wildman–Crippen LogP) is 3.50. The summed E-state index contributed by atoms with van der Waals surface area (Å²) in [5, 5.41) is 20.9. The van der Waals surface area contributed by atoms with E-state index in [9.17, 15) is 10.5 Å². The van der Waals surface area contributed by atoms with Crippen LogP contribution in [0, 0.1) is 28.6 Å². The fraction of sp³-hybridized carbons (Fsp3) is 0.250. The lowest BCUT2D eigenvalue weighted by molar-refractivity contribution is 0.613. The van der Waals surface area contributed by atoms with Crippen molar-refractivity contribution in [1.29, 1.82) is 10.5 Å². The molecule has 0 aromatic carbocycles. The van der Waals surface area contributed by atoms with E-state index >= 15 is 0 Å². The molecular weight excluding hydrogens is 266 g/mol. The first-order valence-corrected chi connectivity index (χ1v) is 7.44. The fourth-order valence-corrected chi connectivity index (χ4v) is 3.86. The Bertz CT molecular complexity index is 721. The molecule has 1 aromatic rings. The van der Waals surface area contributed by atoms with Gasteiger partial charge in [-0.2, -0.15) is 10.5 Å². The van der Waals surface area contributed by atoms with E-state index < -0.39 is 0 Å². The summed E-state index contributed by atoms with van der Waals surface area (Å²) in [6.45, 7) is 0. The van der Waals surface area contributed by atoms with Crippen molar-refractivity contribution in [2.24, 2.45) is 11.7 Å². The molecule has 20 heavy (non-hydrogen) atoms. The molecule has 3 nitrogen and oxygen atoms in total. The molecule has 1 unspecified atom stereocenters. The van der Waals surface area contributed by atoms with Crippen LogP contribution in [0.4, 0.5) is 0 Å². The molecule has 1 heterocycles. The number of rotatable bonds is 1. The van der Waals surface area contributed by atoms with Crippen molar-refractivity contribution >= 4 is 16.9 Å². The van der Waals surface area contributed by atoms with Crippen LogP contribution in [0.5, 0.6) is 0 Å². The summed E-state index contributed by atoms with van der Waals surface area (Å²) in [6, 6.07) is 8.40. The number of thiophene rings is 1. The molecule has 98 valence electrons. The Labute approximate surface area is 121 Å². The van der Waals surface area contributed by atoms with Crippen molar-refractivity contribution in [3.8, 4) is 12.1 Å². The quantitative estimate of drug-likeness (QED) is 0.855. The van der Waals surface area contributed by atoms with Gasteiger partial charge in [-0.3, -0.25) is 0 Å². The highest BCUT2D eigenvalue weighted by molar-refractivity contribution is 7.11. The van der Waals surface area contributed by atoms with Crippen molar-refractivity contribution in [2.45, 2.75) is 19.3 Å². The van der Waals surface area contributed by atoms with Gasteiger partial charge in [0.05, 0.1) is 16.8 Å². The fourth-order valence-electron chi connectivity index (χ4n) is 3.03. The topological polar surface area (TPSA) is 73.6 Å². The maximum absolute atomic E-state index is 9.49. The van der Waals surface area contributed by atoms with Crippen molar-refractivity contribution < 1.29 is 0 Å². The average molecular weight is 279 g/mol. The minimum Gasteiger partial charge on any atom is -0.397 e. The highest BCUT2D eigenvalue weighted by Gasteiger charge is 2.34. The van der Waals surface area contributed by atoms with E-state index in [0.717, 1.165) is 35.3 Å². The van der Waals surface area contributed by atoms with E-state index in [4.69, 9.17) is 5.73 Å². The summed E-state index contributed by atoms with van der Waals surface area (Å²) in [4.78, 5) is 1.08. The molecule has 0 radical (unpaired) electrons. The normalized spacial score (nSPS) is 21.9. The van der Waals surface area contributed by atoms with Gasteiger partial charge >= 0.3 is 0 Å². The Morgan fingerprint density at radius 3 is 2.70 bits per heavy atom. The van der Waals surface area contributed by atoms with Gasteiger partial charge in [0.15, 0.2) is 0 Å². The van der Waals surface area contributed by atoms with Gasteiger partial charge in [-0.05, 0) is 41.9 Å². The third kappa shape index (κ3) is 1.78. The monoisotopic (exact) mass is 279 g/mol. The Morgan fingerprint density at radius 2 is 2.05 bits per heavy atom. The Balaban J connectivity index is 2.31. The maximum atomic E-state index is 9.49. The molecule has 2 N–H and O–H groups in total. The van der Waals surface area contributed by atoms with Crippen LogP contribution < -0.4 is 5.73 Å². The number of hydrogen-bond acceptors (Lipinski definition) is 4. The van der Waals surface area contributed by atoms with Gasteiger partial charge < -0.3 is 5.73 Å². The number of nitriles is 2. The number of nitrogens with zero attached hydrogens (tertiary/aromatic N) is 2. The molecule has 1 aromatic heterocycles. The summed E-state index contributed by atoms with van der Waals surface area (Å²) in [7, 11) is 0. The summed E-state index contributed by atoms with van der Waals surface area (Å²) < 4.78 is 0. The van der Waals surface area contributed by atoms with Gasteiger partial charge in [-0.15, -0.1) is 11.3 Å². The van der Waals surface area contributed by atoms with Crippen molar-refractivity contribution in [2.75, 3.05) is 0 Å². The second kappa shape index (κ2) is 5.00. The number of nitrogens with two attached hydrogens (primary N) is 1. The zero-order valence-electron chi connectivity index (χ0n) is 10.9. The van der Waals surface area contributed by atoms with Gasteiger partial charge in [0.25, 0.3) is 0 Å². The third-order valence-electron chi connectivity index (χ3n) is 3.89. The largest absolute Gasteiger partial charge is 0.397 e. The van der Waals surface area contributed by atoms with Crippen LogP contribution in [0.2, 0.25) is 0 Å². The molecule has 0 fully saturated rings. The summed E-state index contributed by atoms with van der Waals surface area (Å²) in [6.07, 6.45) is 5.15. The summed E-state index contributed by atoms with van der Waals surface area (Å²) in [5.41, 5.74) is 9.41. The molecule has 1 atom stereocenters. The van der Waals surface area contributed by atoms with Crippen LogP contribution in [-0.4, -0.2) is 0 Å². The molecule has 0 spiro atoms.